The minimum Gasteiger partial charge on any atom is -0.396 e. The van der Waals surface area contributed by atoms with Crippen molar-refractivity contribution in [2.45, 2.75) is 6.42 Å². The SMILES string of the molecule is O=C(c1ccc(=O)[nH]n1)N1CCC(CO)C1. The maximum Gasteiger partial charge on any atom is 0.274 e. The summed E-state index contributed by atoms with van der Waals surface area (Å²) in [6.45, 7) is 1.28. The monoisotopic (exact) mass is 223 g/mol. The van der Waals surface area contributed by atoms with E-state index in [1.165, 1.54) is 12.1 Å². The highest BCUT2D eigenvalue weighted by atomic mass is 16.3. The highest BCUT2D eigenvalue weighted by molar-refractivity contribution is 5.92. The topological polar surface area (TPSA) is 86.3 Å². The molecule has 1 fully saturated rings. The van der Waals surface area contributed by atoms with E-state index >= 15 is 0 Å². The molecule has 1 aromatic rings. The van der Waals surface area contributed by atoms with Crippen LogP contribution in [0.2, 0.25) is 0 Å². The Morgan fingerprint density at radius 2 is 2.44 bits per heavy atom. The molecule has 6 nitrogen and oxygen atoms in total. The van der Waals surface area contributed by atoms with E-state index in [0.29, 0.717) is 13.1 Å². The zero-order valence-electron chi connectivity index (χ0n) is 8.72. The predicted molar refractivity (Wildman–Crippen MR) is 56.0 cm³/mol. The van der Waals surface area contributed by atoms with Crippen LogP contribution >= 0.6 is 0 Å². The Bertz CT molecular complexity index is 423. The number of aromatic amines is 1. The van der Waals surface area contributed by atoms with Crippen LogP contribution in [0.15, 0.2) is 16.9 Å². The molecule has 86 valence electrons. The molecule has 1 atom stereocenters. The number of aliphatic hydroxyl groups excluding tert-OH is 1. The second-order valence-electron chi connectivity index (χ2n) is 3.89. The Balaban J connectivity index is 2.08. The van der Waals surface area contributed by atoms with Crippen LogP contribution in [0.5, 0.6) is 0 Å². The fraction of sp³-hybridized carbons (Fsp3) is 0.500. The van der Waals surface area contributed by atoms with Crippen LogP contribution in [0.25, 0.3) is 0 Å². The van der Waals surface area contributed by atoms with E-state index in [1.54, 1.807) is 4.90 Å². The fourth-order valence-electron chi connectivity index (χ4n) is 1.79. The summed E-state index contributed by atoms with van der Waals surface area (Å²) < 4.78 is 0. The average Bonchev–Trinajstić information content (AvgIpc) is 2.77. The Hall–Kier alpha value is -1.69. The van der Waals surface area contributed by atoms with Gasteiger partial charge in [-0.25, -0.2) is 5.10 Å². The molecule has 1 unspecified atom stereocenters. The molecule has 0 spiro atoms. The quantitative estimate of drug-likeness (QED) is 0.689. The molecule has 2 rings (SSSR count). The van der Waals surface area contributed by atoms with E-state index in [0.717, 1.165) is 6.42 Å². The molecule has 2 N–H and O–H groups in total. The molecule has 6 heteroatoms. The van der Waals surface area contributed by atoms with Gasteiger partial charge in [-0.05, 0) is 12.5 Å². The molecule has 1 aromatic heterocycles. The largest absolute Gasteiger partial charge is 0.396 e. The van der Waals surface area contributed by atoms with Crippen LogP contribution in [0.4, 0.5) is 0 Å². The van der Waals surface area contributed by atoms with Gasteiger partial charge in [0, 0.05) is 31.7 Å². The van der Waals surface area contributed by atoms with Gasteiger partial charge in [0.2, 0.25) is 0 Å². The van der Waals surface area contributed by atoms with Crippen LogP contribution in [0.3, 0.4) is 0 Å². The van der Waals surface area contributed by atoms with E-state index in [-0.39, 0.29) is 29.7 Å². The maximum absolute atomic E-state index is 11.9. The minimum atomic E-state index is -0.328. The second-order valence-corrected chi connectivity index (χ2v) is 3.89. The second kappa shape index (κ2) is 4.44. The molecule has 1 saturated heterocycles. The first-order valence-corrected chi connectivity index (χ1v) is 5.16. The Labute approximate surface area is 91.9 Å². The first kappa shape index (κ1) is 10.8. The van der Waals surface area contributed by atoms with Gasteiger partial charge in [0.05, 0.1) is 0 Å². The average molecular weight is 223 g/mol. The summed E-state index contributed by atoms with van der Waals surface area (Å²) in [4.78, 5) is 24.3. The Morgan fingerprint density at radius 1 is 1.62 bits per heavy atom. The lowest BCUT2D eigenvalue weighted by Gasteiger charge is -2.14. The number of nitrogens with one attached hydrogen (secondary N) is 1. The molecule has 1 aliphatic rings. The van der Waals surface area contributed by atoms with E-state index < -0.39 is 0 Å². The number of hydrogen-bond acceptors (Lipinski definition) is 4. The summed E-state index contributed by atoms with van der Waals surface area (Å²) in [6.07, 6.45) is 0.811. The van der Waals surface area contributed by atoms with E-state index in [1.807, 2.05) is 0 Å². The number of carbonyl (C=O) groups is 1. The van der Waals surface area contributed by atoms with Gasteiger partial charge in [-0.3, -0.25) is 9.59 Å². The number of aromatic nitrogens is 2. The highest BCUT2D eigenvalue weighted by Gasteiger charge is 2.26. The van der Waals surface area contributed by atoms with E-state index in [2.05, 4.69) is 10.2 Å². The van der Waals surface area contributed by atoms with Crippen molar-refractivity contribution in [3.8, 4) is 0 Å². The van der Waals surface area contributed by atoms with Crippen LogP contribution in [-0.2, 0) is 0 Å². The zero-order valence-corrected chi connectivity index (χ0v) is 8.72. The third kappa shape index (κ3) is 2.11. The molecular weight excluding hydrogens is 210 g/mol. The van der Waals surface area contributed by atoms with Crippen molar-refractivity contribution in [2.75, 3.05) is 19.7 Å². The standard InChI is InChI=1S/C10H13N3O3/c14-6-7-3-4-13(5-7)10(16)8-1-2-9(15)12-11-8/h1-2,7,14H,3-6H2,(H,12,15). The van der Waals surface area contributed by atoms with Crippen molar-refractivity contribution >= 4 is 5.91 Å². The number of H-pyrrole nitrogens is 1. The number of rotatable bonds is 2. The predicted octanol–water partition coefficient (Wildman–Crippen LogP) is -0.776. The van der Waals surface area contributed by atoms with Gasteiger partial charge in [-0.1, -0.05) is 0 Å². The highest BCUT2D eigenvalue weighted by Crippen LogP contribution is 2.16. The summed E-state index contributed by atoms with van der Waals surface area (Å²) in [5, 5.41) is 14.9. The van der Waals surface area contributed by atoms with E-state index in [9.17, 15) is 9.59 Å². The molecule has 1 aliphatic heterocycles. The third-order valence-electron chi connectivity index (χ3n) is 2.73. The first-order chi connectivity index (χ1) is 7.70. The third-order valence-corrected chi connectivity index (χ3v) is 2.73. The van der Waals surface area contributed by atoms with E-state index in [4.69, 9.17) is 5.11 Å². The van der Waals surface area contributed by atoms with Crippen molar-refractivity contribution in [3.05, 3.63) is 28.2 Å². The smallest absolute Gasteiger partial charge is 0.274 e. The number of likely N-dealkylation sites (tertiary alicyclic amines) is 1. The van der Waals surface area contributed by atoms with Crippen molar-refractivity contribution < 1.29 is 9.90 Å². The zero-order chi connectivity index (χ0) is 11.5. The summed E-state index contributed by atoms with van der Waals surface area (Å²) in [5.74, 6) is -0.0427. The summed E-state index contributed by atoms with van der Waals surface area (Å²) >= 11 is 0. The van der Waals surface area contributed by atoms with Crippen molar-refractivity contribution in [2.24, 2.45) is 5.92 Å². The van der Waals surface area contributed by atoms with Crippen molar-refractivity contribution in [1.29, 1.82) is 0 Å². The van der Waals surface area contributed by atoms with Crippen LogP contribution in [0, 0.1) is 5.92 Å². The van der Waals surface area contributed by atoms with Crippen LogP contribution in [0.1, 0.15) is 16.9 Å². The molecule has 2 heterocycles. The molecular formula is C10H13N3O3. The molecule has 1 amide bonds. The Morgan fingerprint density at radius 3 is 3.00 bits per heavy atom. The van der Waals surface area contributed by atoms with Gasteiger partial charge in [-0.2, -0.15) is 5.10 Å². The molecule has 0 aromatic carbocycles. The van der Waals surface area contributed by atoms with Gasteiger partial charge in [0.25, 0.3) is 11.5 Å². The summed E-state index contributed by atoms with van der Waals surface area (Å²) in [5.41, 5.74) is -0.0932. The normalized spacial score (nSPS) is 20.1. The Kier molecular flexibility index (Phi) is 3.00. The van der Waals surface area contributed by atoms with Crippen molar-refractivity contribution in [3.63, 3.8) is 0 Å². The van der Waals surface area contributed by atoms with Gasteiger partial charge < -0.3 is 10.0 Å². The molecule has 16 heavy (non-hydrogen) atoms. The summed E-state index contributed by atoms with van der Waals surface area (Å²) in [7, 11) is 0. The van der Waals surface area contributed by atoms with Gasteiger partial charge in [0.15, 0.2) is 0 Å². The molecule has 0 bridgehead atoms. The lowest BCUT2D eigenvalue weighted by molar-refractivity contribution is 0.0775. The summed E-state index contributed by atoms with van der Waals surface area (Å²) in [6, 6.07) is 2.69. The lowest BCUT2D eigenvalue weighted by Crippen LogP contribution is -2.30. The fourth-order valence-corrected chi connectivity index (χ4v) is 1.79. The van der Waals surface area contributed by atoms with Crippen LogP contribution in [-0.4, -0.2) is 45.8 Å². The number of amides is 1. The molecule has 0 radical (unpaired) electrons. The lowest BCUT2D eigenvalue weighted by atomic mass is 10.1. The molecule has 0 saturated carbocycles. The number of aliphatic hydroxyl groups is 1. The maximum atomic E-state index is 11.9. The van der Waals surface area contributed by atoms with Crippen LogP contribution < -0.4 is 5.56 Å². The van der Waals surface area contributed by atoms with Gasteiger partial charge >= 0.3 is 0 Å². The molecule has 0 aliphatic carbocycles. The first-order valence-electron chi connectivity index (χ1n) is 5.16. The minimum absolute atomic E-state index is 0.100. The van der Waals surface area contributed by atoms with Gasteiger partial charge in [0.1, 0.15) is 5.69 Å². The van der Waals surface area contributed by atoms with Crippen molar-refractivity contribution in [1.82, 2.24) is 15.1 Å². The number of hydrogen-bond donors (Lipinski definition) is 2. The van der Waals surface area contributed by atoms with Gasteiger partial charge in [-0.15, -0.1) is 0 Å². The number of carbonyl (C=O) groups excluding carboxylic acids is 1. The number of nitrogens with zero attached hydrogens (tertiary/aromatic N) is 2.